The van der Waals surface area contributed by atoms with Gasteiger partial charge in [-0.3, -0.25) is 9.59 Å². The number of aromatic hydroxyl groups is 1. The maximum Gasteiger partial charge on any atom is 0.306 e. The van der Waals surface area contributed by atoms with Crippen LogP contribution >= 0.6 is 0 Å². The van der Waals surface area contributed by atoms with Crippen molar-refractivity contribution in [2.75, 3.05) is 32.2 Å². The van der Waals surface area contributed by atoms with Gasteiger partial charge >= 0.3 is 11.9 Å². The lowest BCUT2D eigenvalue weighted by molar-refractivity contribution is -0.156. The molecule has 0 saturated carbocycles. The molecule has 0 spiro atoms. The highest BCUT2D eigenvalue weighted by Crippen LogP contribution is 2.41. The fourth-order valence-corrected chi connectivity index (χ4v) is 5.73. The first-order valence-corrected chi connectivity index (χ1v) is 17.6. The lowest BCUT2D eigenvalue weighted by Gasteiger charge is -2.22. The van der Waals surface area contributed by atoms with Crippen molar-refractivity contribution in [3.8, 4) is 28.4 Å². The zero-order valence-corrected chi connectivity index (χ0v) is 31.3. The largest absolute Gasteiger partial charge is 0.508 e. The normalized spacial score (nSPS) is 11.6. The number of ether oxygens (including phenoxy) is 4. The van der Waals surface area contributed by atoms with Crippen LogP contribution in [-0.2, 0) is 19.1 Å². The zero-order chi connectivity index (χ0) is 37.2. The monoisotopic (exact) mass is 695 g/mol. The van der Waals surface area contributed by atoms with E-state index in [1.165, 1.54) is 0 Å². The van der Waals surface area contributed by atoms with Gasteiger partial charge in [-0.15, -0.1) is 0 Å². The zero-order valence-electron chi connectivity index (χ0n) is 31.3. The van der Waals surface area contributed by atoms with E-state index in [4.69, 9.17) is 18.9 Å². The molecular weight excluding hydrogens is 642 g/mol. The average Bonchev–Trinajstić information content (AvgIpc) is 3.05. The molecule has 0 heterocycles. The summed E-state index contributed by atoms with van der Waals surface area (Å²) >= 11 is 0. The van der Waals surface area contributed by atoms with Gasteiger partial charge in [0.15, 0.2) is 0 Å². The van der Waals surface area contributed by atoms with Crippen LogP contribution in [0.1, 0.15) is 89.8 Å². The first-order chi connectivity index (χ1) is 24.1. The standard InChI is InChI=1S/C43H53NO7/c1-42(2,3)50-39(46)15-11-27-48-33-22-17-30(18-23-33)41(31-19-24-34(25-20-31)49-28-12-16-40(47)51-43(4,5)6)36-26-21-32(29-38(36)45)35-13-9-10-14-37(35)44(7)8/h9-10,13-14,17-26,29,41,45H,11-12,15-16,27-28H2,1-8H3. The van der Waals surface area contributed by atoms with Gasteiger partial charge in [-0.05, 0) is 107 Å². The Balaban J connectivity index is 1.53. The summed E-state index contributed by atoms with van der Waals surface area (Å²) < 4.78 is 22.7. The Kier molecular flexibility index (Phi) is 13.2. The van der Waals surface area contributed by atoms with Gasteiger partial charge in [-0.1, -0.05) is 54.6 Å². The van der Waals surface area contributed by atoms with E-state index in [0.717, 1.165) is 33.5 Å². The second kappa shape index (κ2) is 17.3. The number of phenols is 1. The number of hydrogen-bond acceptors (Lipinski definition) is 8. The molecule has 0 aliphatic heterocycles. The summed E-state index contributed by atoms with van der Waals surface area (Å²) in [5.41, 5.74) is 4.70. The summed E-state index contributed by atoms with van der Waals surface area (Å²) in [4.78, 5) is 26.2. The molecule has 0 atom stereocenters. The minimum absolute atomic E-state index is 0.191. The van der Waals surface area contributed by atoms with Gasteiger partial charge in [0.05, 0.1) is 13.2 Å². The van der Waals surface area contributed by atoms with Crippen molar-refractivity contribution in [2.45, 2.75) is 84.3 Å². The molecule has 0 unspecified atom stereocenters. The average molecular weight is 696 g/mol. The van der Waals surface area contributed by atoms with Crippen molar-refractivity contribution in [2.24, 2.45) is 0 Å². The molecular formula is C43H53NO7. The van der Waals surface area contributed by atoms with Gasteiger partial charge in [0.25, 0.3) is 0 Å². The van der Waals surface area contributed by atoms with Crippen molar-refractivity contribution >= 4 is 17.6 Å². The molecule has 8 nitrogen and oxygen atoms in total. The second-order valence-electron chi connectivity index (χ2n) is 14.8. The molecule has 0 bridgehead atoms. The van der Waals surface area contributed by atoms with E-state index in [1.807, 2.05) is 128 Å². The Morgan fingerprint density at radius 2 is 1.14 bits per heavy atom. The quantitative estimate of drug-likeness (QED) is 0.0747. The highest BCUT2D eigenvalue weighted by Gasteiger charge is 2.22. The third kappa shape index (κ3) is 12.1. The summed E-state index contributed by atoms with van der Waals surface area (Å²) in [6, 6.07) is 29.7. The number of nitrogens with zero attached hydrogens (tertiary/aromatic N) is 1. The van der Waals surface area contributed by atoms with Gasteiger partial charge in [-0.25, -0.2) is 0 Å². The Labute approximate surface area is 303 Å². The summed E-state index contributed by atoms with van der Waals surface area (Å²) in [6.07, 6.45) is 1.67. The van der Waals surface area contributed by atoms with Gasteiger partial charge in [0.1, 0.15) is 28.5 Å². The van der Waals surface area contributed by atoms with Crippen LogP contribution in [0.5, 0.6) is 17.2 Å². The Bertz CT molecular complexity index is 1650. The van der Waals surface area contributed by atoms with E-state index in [9.17, 15) is 14.7 Å². The number of phenolic OH excluding ortho intramolecular Hbond substituents is 1. The van der Waals surface area contributed by atoms with Gasteiger partial charge in [0.2, 0.25) is 0 Å². The Hall–Kier alpha value is -4.98. The summed E-state index contributed by atoms with van der Waals surface area (Å²) in [6.45, 7) is 11.9. The molecule has 1 N–H and O–H groups in total. The lowest BCUT2D eigenvalue weighted by Crippen LogP contribution is -2.24. The molecule has 0 amide bonds. The fourth-order valence-electron chi connectivity index (χ4n) is 5.73. The second-order valence-corrected chi connectivity index (χ2v) is 14.8. The molecule has 4 aromatic rings. The molecule has 8 heteroatoms. The Morgan fingerprint density at radius 3 is 1.57 bits per heavy atom. The minimum Gasteiger partial charge on any atom is -0.508 e. The third-order valence-corrected chi connectivity index (χ3v) is 7.89. The number of esters is 2. The van der Waals surface area contributed by atoms with Crippen LogP contribution in [0.15, 0.2) is 91.0 Å². The smallest absolute Gasteiger partial charge is 0.306 e. The van der Waals surface area contributed by atoms with Crippen molar-refractivity contribution in [1.29, 1.82) is 0 Å². The SMILES string of the molecule is CN(C)c1ccccc1-c1ccc(C(c2ccc(OCCCC(=O)OC(C)(C)C)cc2)c2ccc(OCCCC(=O)OC(C)(C)C)cc2)c(O)c1. The fraction of sp³-hybridized carbons (Fsp3) is 0.395. The van der Waals surface area contributed by atoms with Crippen molar-refractivity contribution in [3.63, 3.8) is 0 Å². The number of para-hydroxylation sites is 1. The minimum atomic E-state index is -0.508. The van der Waals surface area contributed by atoms with Gasteiger partial charge in [0, 0.05) is 49.7 Å². The number of rotatable bonds is 15. The van der Waals surface area contributed by atoms with Crippen LogP contribution in [0, 0.1) is 0 Å². The third-order valence-electron chi connectivity index (χ3n) is 7.89. The molecule has 0 saturated heterocycles. The summed E-state index contributed by atoms with van der Waals surface area (Å²) in [7, 11) is 4.01. The van der Waals surface area contributed by atoms with E-state index < -0.39 is 11.2 Å². The van der Waals surface area contributed by atoms with Crippen molar-refractivity contribution < 1.29 is 33.6 Å². The van der Waals surface area contributed by atoms with Crippen LogP contribution in [0.4, 0.5) is 5.69 Å². The van der Waals surface area contributed by atoms with Gasteiger partial charge in [-0.2, -0.15) is 0 Å². The molecule has 0 fully saturated rings. The van der Waals surface area contributed by atoms with E-state index in [1.54, 1.807) is 0 Å². The predicted octanol–water partition coefficient (Wildman–Crippen LogP) is 9.31. The van der Waals surface area contributed by atoms with Crippen LogP contribution in [0.3, 0.4) is 0 Å². The summed E-state index contributed by atoms with van der Waals surface area (Å²) in [5, 5.41) is 11.6. The predicted molar refractivity (Wildman–Crippen MR) is 203 cm³/mol. The van der Waals surface area contributed by atoms with E-state index in [-0.39, 0.29) is 36.4 Å². The highest BCUT2D eigenvalue weighted by atomic mass is 16.6. The van der Waals surface area contributed by atoms with Crippen LogP contribution in [0.2, 0.25) is 0 Å². The molecule has 0 aromatic heterocycles. The number of carbonyl (C=O) groups is 2. The topological polar surface area (TPSA) is 94.5 Å². The molecule has 4 aromatic carbocycles. The molecule has 51 heavy (non-hydrogen) atoms. The maximum atomic E-state index is 12.1. The van der Waals surface area contributed by atoms with E-state index >= 15 is 0 Å². The number of anilines is 1. The van der Waals surface area contributed by atoms with E-state index in [2.05, 4.69) is 23.1 Å². The van der Waals surface area contributed by atoms with Crippen LogP contribution in [0.25, 0.3) is 11.1 Å². The Morgan fingerprint density at radius 1 is 0.667 bits per heavy atom. The molecule has 0 aliphatic carbocycles. The molecule has 272 valence electrons. The van der Waals surface area contributed by atoms with Crippen molar-refractivity contribution in [1.82, 2.24) is 0 Å². The lowest BCUT2D eigenvalue weighted by atomic mass is 9.84. The number of benzene rings is 4. The van der Waals surface area contributed by atoms with Crippen molar-refractivity contribution in [3.05, 3.63) is 108 Å². The molecule has 0 radical (unpaired) electrons. The van der Waals surface area contributed by atoms with E-state index in [0.29, 0.717) is 37.6 Å². The number of hydrogen-bond donors (Lipinski definition) is 1. The first-order valence-electron chi connectivity index (χ1n) is 17.6. The first kappa shape index (κ1) is 38.8. The molecule has 0 aliphatic rings. The van der Waals surface area contributed by atoms with Gasteiger partial charge < -0.3 is 29.0 Å². The maximum absolute atomic E-state index is 12.1. The summed E-state index contributed by atoms with van der Waals surface area (Å²) in [5.74, 6) is 0.810. The highest BCUT2D eigenvalue weighted by molar-refractivity contribution is 5.79. The molecule has 4 rings (SSSR count). The number of carbonyl (C=O) groups excluding carboxylic acids is 2. The van der Waals surface area contributed by atoms with Crippen LogP contribution < -0.4 is 14.4 Å². The van der Waals surface area contributed by atoms with Crippen LogP contribution in [-0.4, -0.2) is 55.6 Å².